The van der Waals surface area contributed by atoms with Gasteiger partial charge in [-0.1, -0.05) is 29.3 Å². The minimum Gasteiger partial charge on any atom is -0.319 e. The summed E-state index contributed by atoms with van der Waals surface area (Å²) < 4.78 is 15.7. The number of nitrogens with zero attached hydrogens (tertiary/aromatic N) is 2. The van der Waals surface area contributed by atoms with Crippen LogP contribution in [0.5, 0.6) is 0 Å². The highest BCUT2D eigenvalue weighted by atomic mass is 35.5. The van der Waals surface area contributed by atoms with Gasteiger partial charge < -0.3 is 5.73 Å². The van der Waals surface area contributed by atoms with Crippen molar-refractivity contribution in [3.8, 4) is 0 Å². The zero-order valence-electron chi connectivity index (χ0n) is 11.2. The molecule has 5 heteroatoms. The summed E-state index contributed by atoms with van der Waals surface area (Å²) in [4.78, 5) is 0. The molecule has 102 valence electrons. The Hall–Kier alpha value is -1.39. The predicted octanol–water partition coefficient (Wildman–Crippen LogP) is 3.61. The van der Waals surface area contributed by atoms with Gasteiger partial charge in [-0.25, -0.2) is 4.39 Å². The standard InChI is InChI=1S/C14H17ClFN3/c1-8(2)19-14(11(15)7-18-19)13(17)10-6-9(3)4-5-12(10)16/h4-8,13H,17H2,1-3H3. The van der Waals surface area contributed by atoms with Crippen molar-refractivity contribution in [3.05, 3.63) is 52.1 Å². The smallest absolute Gasteiger partial charge is 0.128 e. The SMILES string of the molecule is Cc1ccc(F)c(C(N)c2c(Cl)cnn2C(C)C)c1. The summed E-state index contributed by atoms with van der Waals surface area (Å²) in [5, 5.41) is 4.66. The molecule has 1 aromatic carbocycles. The number of aryl methyl sites for hydroxylation is 1. The molecule has 0 spiro atoms. The molecule has 0 amide bonds. The number of hydrogen-bond donors (Lipinski definition) is 1. The fourth-order valence-corrected chi connectivity index (χ4v) is 2.35. The monoisotopic (exact) mass is 281 g/mol. The Morgan fingerprint density at radius 1 is 1.37 bits per heavy atom. The van der Waals surface area contributed by atoms with Crippen LogP contribution in [0.4, 0.5) is 4.39 Å². The summed E-state index contributed by atoms with van der Waals surface area (Å²) in [7, 11) is 0. The van der Waals surface area contributed by atoms with Gasteiger partial charge in [0.05, 0.1) is 23.0 Å². The van der Waals surface area contributed by atoms with E-state index in [4.69, 9.17) is 17.3 Å². The molecule has 2 rings (SSSR count). The Kier molecular flexibility index (Phi) is 3.92. The Morgan fingerprint density at radius 2 is 2.05 bits per heavy atom. The maximum absolute atomic E-state index is 13.9. The summed E-state index contributed by atoms with van der Waals surface area (Å²) in [5.41, 5.74) is 8.22. The molecular formula is C14H17ClFN3. The first kappa shape index (κ1) is 14.0. The zero-order valence-corrected chi connectivity index (χ0v) is 11.9. The first-order valence-electron chi connectivity index (χ1n) is 6.16. The van der Waals surface area contributed by atoms with E-state index in [-0.39, 0.29) is 11.9 Å². The van der Waals surface area contributed by atoms with Crippen LogP contribution in [-0.4, -0.2) is 9.78 Å². The lowest BCUT2D eigenvalue weighted by Crippen LogP contribution is -2.20. The van der Waals surface area contributed by atoms with Crippen LogP contribution in [-0.2, 0) is 0 Å². The van der Waals surface area contributed by atoms with Crippen LogP contribution in [0.1, 0.15) is 42.8 Å². The van der Waals surface area contributed by atoms with Gasteiger partial charge in [-0.05, 0) is 26.8 Å². The van der Waals surface area contributed by atoms with E-state index in [1.165, 1.54) is 6.07 Å². The Morgan fingerprint density at radius 3 is 2.68 bits per heavy atom. The predicted molar refractivity (Wildman–Crippen MR) is 74.8 cm³/mol. The molecule has 0 fully saturated rings. The van der Waals surface area contributed by atoms with E-state index in [2.05, 4.69) is 5.10 Å². The molecule has 0 aliphatic rings. The molecule has 0 radical (unpaired) electrons. The van der Waals surface area contributed by atoms with Crippen molar-refractivity contribution in [2.75, 3.05) is 0 Å². The second kappa shape index (κ2) is 5.31. The molecule has 2 aromatic rings. The summed E-state index contributed by atoms with van der Waals surface area (Å²) in [6.07, 6.45) is 1.55. The number of rotatable bonds is 3. The summed E-state index contributed by atoms with van der Waals surface area (Å²) >= 11 is 6.14. The van der Waals surface area contributed by atoms with Crippen LogP contribution in [0.15, 0.2) is 24.4 Å². The van der Waals surface area contributed by atoms with Crippen molar-refractivity contribution in [3.63, 3.8) is 0 Å². The Balaban J connectivity index is 2.52. The Labute approximate surface area is 117 Å². The molecule has 0 aliphatic heterocycles. The Bertz CT molecular complexity index is 592. The number of hydrogen-bond acceptors (Lipinski definition) is 2. The average Bonchev–Trinajstić information content (AvgIpc) is 2.73. The summed E-state index contributed by atoms with van der Waals surface area (Å²) in [6.45, 7) is 5.86. The molecule has 1 aromatic heterocycles. The third kappa shape index (κ3) is 2.65. The van der Waals surface area contributed by atoms with Crippen LogP contribution in [0.2, 0.25) is 5.02 Å². The first-order chi connectivity index (χ1) is 8.91. The van der Waals surface area contributed by atoms with E-state index >= 15 is 0 Å². The van der Waals surface area contributed by atoms with Crippen LogP contribution in [0, 0.1) is 12.7 Å². The normalized spacial score (nSPS) is 13.0. The van der Waals surface area contributed by atoms with E-state index in [0.29, 0.717) is 16.3 Å². The summed E-state index contributed by atoms with van der Waals surface area (Å²) in [5.74, 6) is -0.328. The van der Waals surface area contributed by atoms with Crippen LogP contribution in [0.25, 0.3) is 0 Å². The highest BCUT2D eigenvalue weighted by Gasteiger charge is 2.22. The number of nitrogens with two attached hydrogens (primary N) is 1. The van der Waals surface area contributed by atoms with Crippen molar-refractivity contribution >= 4 is 11.6 Å². The molecule has 0 aliphatic carbocycles. The van der Waals surface area contributed by atoms with Crippen LogP contribution in [0.3, 0.4) is 0 Å². The first-order valence-corrected chi connectivity index (χ1v) is 6.54. The molecule has 0 saturated heterocycles. The van der Waals surface area contributed by atoms with Crippen LogP contribution < -0.4 is 5.73 Å². The number of aromatic nitrogens is 2. The average molecular weight is 282 g/mol. The van der Waals surface area contributed by atoms with E-state index in [9.17, 15) is 4.39 Å². The largest absolute Gasteiger partial charge is 0.319 e. The second-order valence-electron chi connectivity index (χ2n) is 4.92. The minimum absolute atomic E-state index is 0.112. The lowest BCUT2D eigenvalue weighted by Gasteiger charge is -2.18. The highest BCUT2D eigenvalue weighted by molar-refractivity contribution is 6.31. The van der Waals surface area contributed by atoms with Crippen molar-refractivity contribution in [1.82, 2.24) is 9.78 Å². The van der Waals surface area contributed by atoms with Gasteiger partial charge in [0.25, 0.3) is 0 Å². The van der Waals surface area contributed by atoms with E-state index in [1.54, 1.807) is 23.0 Å². The maximum Gasteiger partial charge on any atom is 0.128 e. The number of halogens is 2. The molecule has 1 atom stereocenters. The second-order valence-corrected chi connectivity index (χ2v) is 5.33. The molecule has 0 bridgehead atoms. The molecule has 3 nitrogen and oxygen atoms in total. The molecule has 2 N–H and O–H groups in total. The van der Waals surface area contributed by atoms with Crippen molar-refractivity contribution < 1.29 is 4.39 Å². The van der Waals surface area contributed by atoms with Crippen molar-refractivity contribution in [2.45, 2.75) is 32.9 Å². The van der Waals surface area contributed by atoms with Crippen molar-refractivity contribution in [1.29, 1.82) is 0 Å². The van der Waals surface area contributed by atoms with Gasteiger partial charge in [-0.3, -0.25) is 4.68 Å². The third-order valence-corrected chi connectivity index (χ3v) is 3.35. The van der Waals surface area contributed by atoms with Gasteiger partial charge in [-0.2, -0.15) is 5.10 Å². The van der Waals surface area contributed by atoms with Gasteiger partial charge in [-0.15, -0.1) is 0 Å². The lowest BCUT2D eigenvalue weighted by atomic mass is 10.0. The summed E-state index contributed by atoms with van der Waals surface area (Å²) in [6, 6.07) is 4.37. The van der Waals surface area contributed by atoms with Gasteiger partial charge in [0.15, 0.2) is 0 Å². The topological polar surface area (TPSA) is 43.8 Å². The maximum atomic E-state index is 13.9. The van der Waals surface area contributed by atoms with Gasteiger partial charge in [0, 0.05) is 11.6 Å². The molecule has 1 heterocycles. The third-order valence-electron chi connectivity index (χ3n) is 3.06. The molecule has 0 saturated carbocycles. The van der Waals surface area contributed by atoms with Crippen LogP contribution >= 0.6 is 11.6 Å². The molecule has 19 heavy (non-hydrogen) atoms. The van der Waals surface area contributed by atoms with Gasteiger partial charge >= 0.3 is 0 Å². The van der Waals surface area contributed by atoms with Gasteiger partial charge in [0.2, 0.25) is 0 Å². The van der Waals surface area contributed by atoms with E-state index < -0.39 is 6.04 Å². The van der Waals surface area contributed by atoms with Gasteiger partial charge in [0.1, 0.15) is 5.82 Å². The van der Waals surface area contributed by atoms with E-state index in [1.807, 2.05) is 20.8 Å². The minimum atomic E-state index is -0.628. The van der Waals surface area contributed by atoms with E-state index in [0.717, 1.165) is 5.56 Å². The lowest BCUT2D eigenvalue weighted by molar-refractivity contribution is 0.494. The van der Waals surface area contributed by atoms with Crippen molar-refractivity contribution in [2.24, 2.45) is 5.73 Å². The quantitative estimate of drug-likeness (QED) is 0.934. The number of benzene rings is 1. The molecular weight excluding hydrogens is 265 g/mol. The fraction of sp³-hybridized carbons (Fsp3) is 0.357. The molecule has 1 unspecified atom stereocenters. The fourth-order valence-electron chi connectivity index (χ4n) is 2.10. The highest BCUT2D eigenvalue weighted by Crippen LogP contribution is 2.30. The zero-order chi connectivity index (χ0) is 14.2.